The monoisotopic (exact) mass is 179 g/mol. The van der Waals surface area contributed by atoms with Gasteiger partial charge in [-0.15, -0.1) is 0 Å². The van der Waals surface area contributed by atoms with Crippen LogP contribution in [0.15, 0.2) is 0 Å². The molecule has 1 heterocycles. The number of amides is 1. The van der Waals surface area contributed by atoms with Crippen molar-refractivity contribution in [1.29, 1.82) is 0 Å². The van der Waals surface area contributed by atoms with Gasteiger partial charge in [-0.1, -0.05) is 23.2 Å². The van der Waals surface area contributed by atoms with Crippen LogP contribution in [0, 0.1) is 0 Å². The molecule has 1 rings (SSSR count). The fourth-order valence-electron chi connectivity index (χ4n) is 0.470. The van der Waals surface area contributed by atoms with E-state index in [1.54, 1.807) is 0 Å². The molecule has 0 aliphatic heterocycles. The van der Waals surface area contributed by atoms with E-state index in [1.165, 1.54) is 0 Å². The summed E-state index contributed by atoms with van der Waals surface area (Å²) in [4.78, 5) is 10.4. The standard InChI is InChI=1S/C4H3Cl2N3O/c5-1-2(4(7)10)8-9-3(1)6/h(H2,7,10)(H,8,9). The molecular weight excluding hydrogens is 177 g/mol. The zero-order chi connectivity index (χ0) is 7.72. The van der Waals surface area contributed by atoms with E-state index in [4.69, 9.17) is 28.9 Å². The molecule has 0 bridgehead atoms. The van der Waals surface area contributed by atoms with Gasteiger partial charge in [0, 0.05) is 0 Å². The molecule has 0 saturated heterocycles. The number of nitrogens with zero attached hydrogens (tertiary/aromatic N) is 1. The van der Waals surface area contributed by atoms with Gasteiger partial charge in [-0.2, -0.15) is 5.10 Å². The van der Waals surface area contributed by atoms with Crippen molar-refractivity contribution in [3.8, 4) is 0 Å². The van der Waals surface area contributed by atoms with Gasteiger partial charge in [0.15, 0.2) is 5.69 Å². The summed E-state index contributed by atoms with van der Waals surface area (Å²) in [5.74, 6) is -0.701. The summed E-state index contributed by atoms with van der Waals surface area (Å²) in [6.07, 6.45) is 0. The predicted molar refractivity (Wildman–Crippen MR) is 37.1 cm³/mol. The van der Waals surface area contributed by atoms with Crippen LogP contribution in [-0.2, 0) is 0 Å². The van der Waals surface area contributed by atoms with Gasteiger partial charge in [-0.05, 0) is 0 Å². The van der Waals surface area contributed by atoms with E-state index in [1.807, 2.05) is 0 Å². The second kappa shape index (κ2) is 2.48. The summed E-state index contributed by atoms with van der Waals surface area (Å²) in [5, 5.41) is 5.94. The summed E-state index contributed by atoms with van der Waals surface area (Å²) in [5.41, 5.74) is 4.83. The lowest BCUT2D eigenvalue weighted by Crippen LogP contribution is -2.11. The Balaban J connectivity index is 3.17. The highest BCUT2D eigenvalue weighted by Gasteiger charge is 2.12. The lowest BCUT2D eigenvalue weighted by Gasteiger charge is -1.84. The van der Waals surface area contributed by atoms with Gasteiger partial charge >= 0.3 is 0 Å². The summed E-state index contributed by atoms with van der Waals surface area (Å²) >= 11 is 10.9. The van der Waals surface area contributed by atoms with Crippen LogP contribution in [0.25, 0.3) is 0 Å². The summed E-state index contributed by atoms with van der Waals surface area (Å²) < 4.78 is 0. The quantitative estimate of drug-likeness (QED) is 0.671. The van der Waals surface area contributed by atoms with E-state index >= 15 is 0 Å². The molecule has 0 unspecified atom stereocenters. The number of rotatable bonds is 1. The van der Waals surface area contributed by atoms with E-state index in [0.717, 1.165) is 0 Å². The van der Waals surface area contributed by atoms with Crippen molar-refractivity contribution in [1.82, 2.24) is 10.2 Å². The van der Waals surface area contributed by atoms with Gasteiger partial charge in [0.1, 0.15) is 10.2 Å². The third-order valence-corrected chi connectivity index (χ3v) is 1.64. The first-order valence-corrected chi connectivity index (χ1v) is 3.07. The Morgan fingerprint density at radius 1 is 1.60 bits per heavy atom. The van der Waals surface area contributed by atoms with Gasteiger partial charge in [-0.25, -0.2) is 0 Å². The Morgan fingerprint density at radius 3 is 2.40 bits per heavy atom. The highest BCUT2D eigenvalue weighted by atomic mass is 35.5. The zero-order valence-corrected chi connectivity index (χ0v) is 6.20. The fraction of sp³-hybridized carbons (Fsp3) is 0. The van der Waals surface area contributed by atoms with Crippen LogP contribution in [0.4, 0.5) is 0 Å². The Hall–Kier alpha value is -0.740. The highest BCUT2D eigenvalue weighted by molar-refractivity contribution is 6.43. The Labute approximate surface area is 66.3 Å². The van der Waals surface area contributed by atoms with Crippen molar-refractivity contribution in [2.75, 3.05) is 0 Å². The summed E-state index contributed by atoms with van der Waals surface area (Å²) in [6, 6.07) is 0. The largest absolute Gasteiger partial charge is 0.364 e. The van der Waals surface area contributed by atoms with E-state index in [9.17, 15) is 4.79 Å². The van der Waals surface area contributed by atoms with Crippen molar-refractivity contribution in [2.45, 2.75) is 0 Å². The third kappa shape index (κ3) is 1.08. The van der Waals surface area contributed by atoms with Crippen LogP contribution < -0.4 is 5.73 Å². The highest BCUT2D eigenvalue weighted by Crippen LogP contribution is 2.21. The molecule has 1 aromatic rings. The van der Waals surface area contributed by atoms with Crippen LogP contribution in [0.1, 0.15) is 10.5 Å². The topological polar surface area (TPSA) is 71.8 Å². The average Bonchev–Trinajstić information content (AvgIpc) is 2.14. The number of H-pyrrole nitrogens is 1. The maximum atomic E-state index is 10.4. The SMILES string of the molecule is NC(=O)c1n[nH]c(Cl)c1Cl. The minimum atomic E-state index is -0.701. The normalized spacial score (nSPS) is 9.80. The summed E-state index contributed by atoms with van der Waals surface area (Å²) in [6.45, 7) is 0. The molecule has 0 spiro atoms. The van der Waals surface area contributed by atoms with Crippen molar-refractivity contribution >= 4 is 29.1 Å². The molecule has 1 aromatic heterocycles. The molecule has 0 fully saturated rings. The van der Waals surface area contributed by atoms with Crippen molar-refractivity contribution in [3.63, 3.8) is 0 Å². The minimum absolute atomic E-state index is 0.0355. The molecule has 4 nitrogen and oxygen atoms in total. The Kier molecular flexibility index (Phi) is 1.82. The number of hydrogen-bond donors (Lipinski definition) is 2. The number of carbonyl (C=O) groups excluding carboxylic acids is 1. The molecule has 0 atom stereocenters. The van der Waals surface area contributed by atoms with Crippen LogP contribution in [-0.4, -0.2) is 16.1 Å². The molecule has 0 aromatic carbocycles. The first kappa shape index (κ1) is 7.37. The second-order valence-corrected chi connectivity index (χ2v) is 2.32. The number of aromatic amines is 1. The maximum Gasteiger partial charge on any atom is 0.270 e. The second-order valence-electron chi connectivity index (χ2n) is 1.56. The van der Waals surface area contributed by atoms with E-state index in [-0.39, 0.29) is 15.9 Å². The summed E-state index contributed by atoms with van der Waals surface area (Å²) in [7, 11) is 0. The first-order valence-electron chi connectivity index (χ1n) is 2.32. The lowest BCUT2D eigenvalue weighted by atomic mass is 10.4. The first-order chi connectivity index (χ1) is 4.63. The predicted octanol–water partition coefficient (Wildman–Crippen LogP) is 0.815. The molecule has 54 valence electrons. The van der Waals surface area contributed by atoms with Crippen LogP contribution in [0.5, 0.6) is 0 Å². The van der Waals surface area contributed by atoms with Crippen LogP contribution in [0.2, 0.25) is 10.2 Å². The molecule has 1 amide bonds. The number of hydrogen-bond acceptors (Lipinski definition) is 2. The van der Waals surface area contributed by atoms with Crippen molar-refractivity contribution in [2.24, 2.45) is 5.73 Å². The molecule has 3 N–H and O–H groups in total. The van der Waals surface area contributed by atoms with E-state index in [2.05, 4.69) is 10.2 Å². The third-order valence-electron chi connectivity index (χ3n) is 0.900. The zero-order valence-electron chi connectivity index (χ0n) is 4.69. The number of carbonyl (C=O) groups is 1. The van der Waals surface area contributed by atoms with Gasteiger partial charge in [0.2, 0.25) is 0 Å². The van der Waals surface area contributed by atoms with Gasteiger partial charge in [0.05, 0.1) is 0 Å². The number of primary amides is 1. The molecule has 0 aliphatic rings. The molecule has 0 saturated carbocycles. The van der Waals surface area contributed by atoms with Gasteiger partial charge < -0.3 is 5.73 Å². The average molecular weight is 180 g/mol. The number of nitrogens with two attached hydrogens (primary N) is 1. The van der Waals surface area contributed by atoms with E-state index in [0.29, 0.717) is 0 Å². The van der Waals surface area contributed by atoms with Crippen LogP contribution >= 0.6 is 23.2 Å². The fourth-order valence-corrected chi connectivity index (χ4v) is 0.780. The minimum Gasteiger partial charge on any atom is -0.364 e. The molecule has 0 radical (unpaired) electrons. The molecular formula is C4H3Cl2N3O. The number of aromatic nitrogens is 2. The van der Waals surface area contributed by atoms with Crippen molar-refractivity contribution < 1.29 is 4.79 Å². The molecule has 6 heteroatoms. The Bertz CT molecular complexity index is 269. The lowest BCUT2D eigenvalue weighted by molar-refractivity contribution is 0.0995. The van der Waals surface area contributed by atoms with E-state index < -0.39 is 5.91 Å². The van der Waals surface area contributed by atoms with Gasteiger partial charge in [0.25, 0.3) is 5.91 Å². The maximum absolute atomic E-state index is 10.4. The van der Waals surface area contributed by atoms with Crippen LogP contribution in [0.3, 0.4) is 0 Å². The smallest absolute Gasteiger partial charge is 0.270 e. The number of nitrogens with one attached hydrogen (secondary N) is 1. The van der Waals surface area contributed by atoms with Gasteiger partial charge in [-0.3, -0.25) is 9.89 Å². The number of halogens is 2. The molecule has 10 heavy (non-hydrogen) atoms. The molecule has 0 aliphatic carbocycles. The Morgan fingerprint density at radius 2 is 2.20 bits per heavy atom. The van der Waals surface area contributed by atoms with Crippen molar-refractivity contribution in [3.05, 3.63) is 15.9 Å².